The summed E-state index contributed by atoms with van der Waals surface area (Å²) in [5.74, 6) is -0.753. The Bertz CT molecular complexity index is 705. The van der Waals surface area contributed by atoms with Gasteiger partial charge in [-0.1, -0.05) is 11.6 Å². The molecule has 0 radical (unpaired) electrons. The van der Waals surface area contributed by atoms with Crippen LogP contribution in [0.25, 0.3) is 0 Å². The third-order valence-electron chi connectivity index (χ3n) is 2.94. The van der Waals surface area contributed by atoms with Gasteiger partial charge in [0.2, 0.25) is 5.91 Å². The number of thioether (sulfide) groups is 1. The number of methoxy groups -OCH3 is 1. The summed E-state index contributed by atoms with van der Waals surface area (Å²) in [6, 6.07) is 2.58. The van der Waals surface area contributed by atoms with Crippen LogP contribution in [-0.2, 0) is 9.53 Å². The van der Waals surface area contributed by atoms with Crippen molar-refractivity contribution in [3.8, 4) is 5.75 Å². The number of ether oxygens (including phenoxy) is 2. The SMILES string of the molecule is COc1cc(NC(=O)CSCCNC(=O)OC(C)(C)C)c(Cl)cc1C(=O)O. The first-order valence-electron chi connectivity index (χ1n) is 7.98. The van der Waals surface area contributed by atoms with Gasteiger partial charge in [-0.2, -0.15) is 11.8 Å². The van der Waals surface area contributed by atoms with E-state index >= 15 is 0 Å². The summed E-state index contributed by atoms with van der Waals surface area (Å²) >= 11 is 7.33. The third-order valence-corrected chi connectivity index (χ3v) is 4.21. The second kappa shape index (κ2) is 10.3. The fraction of sp³-hybridized carbons (Fsp3) is 0.471. The molecule has 10 heteroatoms. The van der Waals surface area contributed by atoms with Gasteiger partial charge >= 0.3 is 12.1 Å². The van der Waals surface area contributed by atoms with Crippen molar-refractivity contribution in [2.24, 2.45) is 0 Å². The molecular formula is C17H23ClN2O6S. The van der Waals surface area contributed by atoms with Crippen LogP contribution in [0.15, 0.2) is 12.1 Å². The molecule has 8 nitrogen and oxygen atoms in total. The van der Waals surface area contributed by atoms with Crippen LogP contribution in [0.2, 0.25) is 5.02 Å². The number of hydrogen-bond donors (Lipinski definition) is 3. The van der Waals surface area contributed by atoms with E-state index in [0.29, 0.717) is 12.3 Å². The molecule has 0 unspecified atom stereocenters. The summed E-state index contributed by atoms with van der Waals surface area (Å²) in [6.45, 7) is 5.67. The van der Waals surface area contributed by atoms with Crippen molar-refractivity contribution >= 4 is 47.0 Å². The number of alkyl carbamates (subject to hydrolysis) is 1. The molecule has 0 aliphatic carbocycles. The minimum absolute atomic E-state index is 0.0939. The van der Waals surface area contributed by atoms with Gasteiger partial charge in [-0.3, -0.25) is 4.79 Å². The second-order valence-corrected chi connectivity index (χ2v) is 7.88. The number of carbonyl (C=O) groups excluding carboxylic acids is 2. The average Bonchev–Trinajstić information content (AvgIpc) is 2.54. The smallest absolute Gasteiger partial charge is 0.407 e. The first-order chi connectivity index (χ1) is 12.5. The molecule has 1 aromatic carbocycles. The molecule has 0 aromatic heterocycles. The van der Waals surface area contributed by atoms with Crippen LogP contribution >= 0.6 is 23.4 Å². The highest BCUT2D eigenvalue weighted by molar-refractivity contribution is 7.99. The van der Waals surface area contributed by atoms with E-state index in [0.717, 1.165) is 0 Å². The van der Waals surface area contributed by atoms with Crippen molar-refractivity contribution in [2.45, 2.75) is 26.4 Å². The highest BCUT2D eigenvalue weighted by atomic mass is 35.5. The van der Waals surface area contributed by atoms with E-state index in [1.54, 1.807) is 20.8 Å². The number of nitrogens with one attached hydrogen (secondary N) is 2. The van der Waals surface area contributed by atoms with E-state index in [1.165, 1.54) is 31.0 Å². The largest absolute Gasteiger partial charge is 0.496 e. The molecule has 1 rings (SSSR count). The molecule has 0 fully saturated rings. The quantitative estimate of drug-likeness (QED) is 0.555. The molecule has 1 aromatic rings. The zero-order chi connectivity index (χ0) is 20.6. The van der Waals surface area contributed by atoms with Gasteiger partial charge in [0.05, 0.1) is 23.6 Å². The maximum absolute atomic E-state index is 12.0. The summed E-state index contributed by atoms with van der Waals surface area (Å²) in [5.41, 5.74) is -0.396. The average molecular weight is 419 g/mol. The first-order valence-corrected chi connectivity index (χ1v) is 9.52. The number of anilines is 1. The molecule has 3 N–H and O–H groups in total. The summed E-state index contributed by atoms with van der Waals surface area (Å²) in [4.78, 5) is 34.6. The maximum Gasteiger partial charge on any atom is 0.407 e. The normalized spacial score (nSPS) is 10.9. The highest BCUT2D eigenvalue weighted by Gasteiger charge is 2.17. The van der Waals surface area contributed by atoms with Crippen molar-refractivity contribution < 1.29 is 29.0 Å². The molecule has 0 bridgehead atoms. The van der Waals surface area contributed by atoms with E-state index in [1.807, 2.05) is 0 Å². The topological polar surface area (TPSA) is 114 Å². The van der Waals surface area contributed by atoms with Crippen LogP contribution in [0, 0.1) is 0 Å². The lowest BCUT2D eigenvalue weighted by molar-refractivity contribution is -0.113. The molecule has 0 spiro atoms. The Kier molecular flexibility index (Phi) is 8.71. The summed E-state index contributed by atoms with van der Waals surface area (Å²) in [6.07, 6.45) is -0.509. The van der Waals surface area contributed by atoms with E-state index in [9.17, 15) is 14.4 Å². The second-order valence-electron chi connectivity index (χ2n) is 6.37. The van der Waals surface area contributed by atoms with Crippen molar-refractivity contribution in [1.82, 2.24) is 5.32 Å². The molecule has 0 aliphatic heterocycles. The minimum Gasteiger partial charge on any atom is -0.496 e. The maximum atomic E-state index is 12.0. The number of halogens is 1. The number of carboxylic acids is 1. The Labute approximate surface area is 166 Å². The number of benzene rings is 1. The van der Waals surface area contributed by atoms with E-state index in [-0.39, 0.29) is 33.7 Å². The van der Waals surface area contributed by atoms with Gasteiger partial charge in [0.1, 0.15) is 16.9 Å². The standard InChI is InChI=1S/C17H23ClN2O6S/c1-17(2,3)26-16(24)19-5-6-27-9-14(21)20-12-8-13(25-4)10(15(22)23)7-11(12)18/h7-8H,5-6,9H2,1-4H3,(H,19,24)(H,20,21)(H,22,23). The Morgan fingerprint density at radius 1 is 1.26 bits per heavy atom. The van der Waals surface area contributed by atoms with Crippen molar-refractivity contribution in [1.29, 1.82) is 0 Å². The molecular weight excluding hydrogens is 396 g/mol. The van der Waals surface area contributed by atoms with E-state index in [4.69, 9.17) is 26.2 Å². The first kappa shape index (κ1) is 22.9. The van der Waals surface area contributed by atoms with Gasteiger partial charge in [-0.25, -0.2) is 9.59 Å². The van der Waals surface area contributed by atoms with Gasteiger partial charge in [-0.15, -0.1) is 0 Å². The zero-order valence-electron chi connectivity index (χ0n) is 15.6. The van der Waals surface area contributed by atoms with Crippen molar-refractivity contribution in [3.05, 3.63) is 22.7 Å². The van der Waals surface area contributed by atoms with E-state index in [2.05, 4.69) is 10.6 Å². The van der Waals surface area contributed by atoms with Crippen LogP contribution < -0.4 is 15.4 Å². The summed E-state index contributed by atoms with van der Waals surface area (Å²) in [7, 11) is 1.33. The number of hydrogen-bond acceptors (Lipinski definition) is 6. The number of aromatic carboxylic acids is 1. The van der Waals surface area contributed by atoms with E-state index < -0.39 is 17.7 Å². The predicted octanol–water partition coefficient (Wildman–Crippen LogP) is 3.24. The van der Waals surface area contributed by atoms with Crippen LogP contribution in [0.4, 0.5) is 10.5 Å². The van der Waals surface area contributed by atoms with Crippen LogP contribution in [0.5, 0.6) is 5.75 Å². The lowest BCUT2D eigenvalue weighted by Gasteiger charge is -2.19. The Balaban J connectivity index is 2.45. The Hall–Kier alpha value is -2.13. The van der Waals surface area contributed by atoms with Gasteiger partial charge < -0.3 is 25.2 Å². The van der Waals surface area contributed by atoms with Gasteiger partial charge in [0.25, 0.3) is 0 Å². The molecule has 27 heavy (non-hydrogen) atoms. The number of amides is 2. The number of rotatable bonds is 8. The molecule has 2 amide bonds. The molecule has 0 saturated heterocycles. The number of carbonyl (C=O) groups is 3. The van der Waals surface area contributed by atoms with Gasteiger partial charge in [0.15, 0.2) is 0 Å². The lowest BCUT2D eigenvalue weighted by atomic mass is 10.2. The van der Waals surface area contributed by atoms with Crippen LogP contribution in [0.3, 0.4) is 0 Å². The monoisotopic (exact) mass is 418 g/mol. The van der Waals surface area contributed by atoms with Crippen LogP contribution in [0.1, 0.15) is 31.1 Å². The predicted molar refractivity (Wildman–Crippen MR) is 105 cm³/mol. The summed E-state index contributed by atoms with van der Waals surface area (Å²) in [5, 5.41) is 14.4. The Morgan fingerprint density at radius 2 is 1.93 bits per heavy atom. The molecule has 0 heterocycles. The number of carboxylic acid groups (broad SMARTS) is 1. The van der Waals surface area contributed by atoms with Crippen LogP contribution in [-0.4, -0.2) is 53.8 Å². The zero-order valence-corrected chi connectivity index (χ0v) is 17.1. The lowest BCUT2D eigenvalue weighted by Crippen LogP contribution is -2.33. The Morgan fingerprint density at radius 3 is 2.48 bits per heavy atom. The highest BCUT2D eigenvalue weighted by Crippen LogP contribution is 2.31. The molecule has 0 aliphatic rings. The van der Waals surface area contributed by atoms with Gasteiger partial charge in [-0.05, 0) is 26.8 Å². The van der Waals surface area contributed by atoms with Crippen molar-refractivity contribution in [2.75, 3.05) is 30.5 Å². The third kappa shape index (κ3) is 8.40. The molecule has 150 valence electrons. The minimum atomic E-state index is -1.18. The fourth-order valence-corrected chi connectivity index (χ4v) is 2.74. The fourth-order valence-electron chi connectivity index (χ4n) is 1.88. The molecule has 0 saturated carbocycles. The summed E-state index contributed by atoms with van der Waals surface area (Å²) < 4.78 is 10.1. The van der Waals surface area contributed by atoms with Gasteiger partial charge in [0, 0.05) is 18.4 Å². The molecule has 0 atom stereocenters. The van der Waals surface area contributed by atoms with Crippen molar-refractivity contribution in [3.63, 3.8) is 0 Å².